The van der Waals surface area contributed by atoms with Crippen molar-refractivity contribution in [2.75, 3.05) is 6.26 Å². The molecule has 4 nitrogen and oxygen atoms in total. The van der Waals surface area contributed by atoms with Crippen molar-refractivity contribution >= 4 is 46.6 Å². The molecule has 0 radical (unpaired) electrons. The van der Waals surface area contributed by atoms with Gasteiger partial charge in [-0.25, -0.2) is 9.59 Å². The Hall–Kier alpha value is -1.50. The minimum atomic E-state index is -1.14. The molecule has 0 unspecified atom stereocenters. The van der Waals surface area contributed by atoms with Gasteiger partial charge in [-0.3, -0.25) is 0 Å². The molecule has 20 heavy (non-hydrogen) atoms. The van der Waals surface area contributed by atoms with Crippen LogP contribution in [0.25, 0.3) is 11.1 Å². The summed E-state index contributed by atoms with van der Waals surface area (Å²) in [6.45, 7) is 0. The molecule has 0 saturated carbocycles. The summed E-state index contributed by atoms with van der Waals surface area (Å²) in [6.07, 6.45) is 1.72. The van der Waals surface area contributed by atoms with E-state index in [0.717, 1.165) is 11.3 Å². The van der Waals surface area contributed by atoms with Crippen molar-refractivity contribution in [3.8, 4) is 11.1 Å². The van der Waals surface area contributed by atoms with Crippen LogP contribution in [-0.2, 0) is 0 Å². The summed E-state index contributed by atoms with van der Waals surface area (Å²) in [7, 11) is 0. The van der Waals surface area contributed by atoms with Gasteiger partial charge in [-0.2, -0.15) is 0 Å². The van der Waals surface area contributed by atoms with Gasteiger partial charge in [-0.15, -0.1) is 23.1 Å². The van der Waals surface area contributed by atoms with E-state index in [4.69, 9.17) is 11.6 Å². The van der Waals surface area contributed by atoms with E-state index in [1.165, 1.54) is 11.8 Å². The second-order valence-corrected chi connectivity index (χ2v) is 6.32. The number of thiophene rings is 1. The summed E-state index contributed by atoms with van der Waals surface area (Å²) in [5, 5.41) is 19.1. The third-order valence-corrected chi connectivity index (χ3v) is 5.15. The van der Waals surface area contributed by atoms with Crippen LogP contribution in [0.5, 0.6) is 0 Å². The first-order chi connectivity index (χ1) is 9.45. The molecule has 0 amide bonds. The van der Waals surface area contributed by atoms with Crippen molar-refractivity contribution in [1.29, 1.82) is 0 Å². The molecule has 2 N–H and O–H groups in total. The SMILES string of the molecule is CSc1sc(C(=O)O)c(-c2ccc(Cl)cc2)c1C(=O)O. The van der Waals surface area contributed by atoms with E-state index >= 15 is 0 Å². The van der Waals surface area contributed by atoms with Crippen molar-refractivity contribution in [3.63, 3.8) is 0 Å². The molecule has 0 atom stereocenters. The maximum absolute atomic E-state index is 11.5. The number of carboxylic acids is 2. The summed E-state index contributed by atoms with van der Waals surface area (Å²) in [4.78, 5) is 22.8. The Kier molecular flexibility index (Phi) is 4.37. The summed E-state index contributed by atoms with van der Waals surface area (Å²) >= 11 is 8.00. The Labute approximate surface area is 128 Å². The van der Waals surface area contributed by atoms with E-state index in [2.05, 4.69) is 0 Å². The molecule has 2 aromatic rings. The predicted octanol–water partition coefficient (Wildman–Crippen LogP) is 4.19. The number of benzene rings is 1. The van der Waals surface area contributed by atoms with Crippen LogP contribution < -0.4 is 0 Å². The Morgan fingerprint density at radius 2 is 1.75 bits per heavy atom. The third-order valence-electron chi connectivity index (χ3n) is 2.60. The summed E-state index contributed by atoms with van der Waals surface area (Å²) in [5.74, 6) is -2.27. The first kappa shape index (κ1) is 14.9. The van der Waals surface area contributed by atoms with Crippen LogP contribution in [0.2, 0.25) is 5.02 Å². The lowest BCUT2D eigenvalue weighted by molar-refractivity contribution is 0.0693. The van der Waals surface area contributed by atoms with Crippen molar-refractivity contribution in [2.24, 2.45) is 0 Å². The van der Waals surface area contributed by atoms with Gasteiger partial charge < -0.3 is 10.2 Å². The molecule has 0 aliphatic carbocycles. The average Bonchev–Trinajstić information content (AvgIpc) is 2.79. The number of hydrogen-bond donors (Lipinski definition) is 2. The number of carbonyl (C=O) groups is 2. The second kappa shape index (κ2) is 5.87. The van der Waals surface area contributed by atoms with Gasteiger partial charge in [-0.1, -0.05) is 23.7 Å². The highest BCUT2D eigenvalue weighted by molar-refractivity contribution is 8.00. The summed E-state index contributed by atoms with van der Waals surface area (Å²) in [6, 6.07) is 6.44. The highest BCUT2D eigenvalue weighted by Crippen LogP contribution is 2.41. The molecule has 1 aromatic heterocycles. The van der Waals surface area contributed by atoms with E-state index in [0.29, 0.717) is 14.8 Å². The molecule has 7 heteroatoms. The fraction of sp³-hybridized carbons (Fsp3) is 0.0769. The highest BCUT2D eigenvalue weighted by Gasteiger charge is 2.27. The molecule has 2 rings (SSSR count). The van der Waals surface area contributed by atoms with Crippen molar-refractivity contribution in [2.45, 2.75) is 4.21 Å². The van der Waals surface area contributed by atoms with Crippen LogP contribution in [0.15, 0.2) is 28.5 Å². The molecule has 0 spiro atoms. The Bertz CT molecular complexity index is 676. The standard InChI is InChI=1S/C13H9ClO4S2/c1-19-13-9(11(15)16)8(10(20-13)12(17)18)6-2-4-7(14)5-3-6/h2-5H,1H3,(H,15,16)(H,17,18). The van der Waals surface area contributed by atoms with E-state index < -0.39 is 11.9 Å². The fourth-order valence-corrected chi connectivity index (χ4v) is 3.78. The zero-order valence-corrected chi connectivity index (χ0v) is 12.6. The van der Waals surface area contributed by atoms with Crippen LogP contribution in [0.4, 0.5) is 0 Å². The molecule has 104 valence electrons. The average molecular weight is 329 g/mol. The van der Waals surface area contributed by atoms with Crippen LogP contribution in [-0.4, -0.2) is 28.4 Å². The highest BCUT2D eigenvalue weighted by atomic mass is 35.5. The molecule has 0 fully saturated rings. The number of rotatable bonds is 4. The van der Waals surface area contributed by atoms with Gasteiger partial charge in [0.05, 0.1) is 9.77 Å². The maximum Gasteiger partial charge on any atom is 0.346 e. The lowest BCUT2D eigenvalue weighted by Crippen LogP contribution is -2.01. The van der Waals surface area contributed by atoms with Gasteiger partial charge in [0.15, 0.2) is 0 Å². The molecule has 1 aromatic carbocycles. The van der Waals surface area contributed by atoms with Gasteiger partial charge in [0, 0.05) is 10.6 Å². The van der Waals surface area contributed by atoms with Gasteiger partial charge >= 0.3 is 11.9 Å². The van der Waals surface area contributed by atoms with Crippen LogP contribution in [0, 0.1) is 0 Å². The molecule has 0 aliphatic heterocycles. The van der Waals surface area contributed by atoms with E-state index in [-0.39, 0.29) is 16.0 Å². The number of aromatic carboxylic acids is 2. The zero-order valence-electron chi connectivity index (χ0n) is 10.2. The summed E-state index contributed by atoms with van der Waals surface area (Å²) in [5.41, 5.74) is 0.791. The molecule has 0 bridgehead atoms. The molecule has 0 aliphatic rings. The van der Waals surface area contributed by atoms with Crippen LogP contribution in [0.1, 0.15) is 20.0 Å². The predicted molar refractivity (Wildman–Crippen MR) is 80.5 cm³/mol. The van der Waals surface area contributed by atoms with Gasteiger partial charge in [0.2, 0.25) is 0 Å². The topological polar surface area (TPSA) is 74.6 Å². The minimum Gasteiger partial charge on any atom is -0.478 e. The lowest BCUT2D eigenvalue weighted by atomic mass is 10.0. The first-order valence-corrected chi connectivity index (χ1v) is 7.81. The number of halogens is 1. The normalized spacial score (nSPS) is 10.5. The van der Waals surface area contributed by atoms with E-state index in [1.54, 1.807) is 30.5 Å². The van der Waals surface area contributed by atoms with E-state index in [9.17, 15) is 19.8 Å². The monoisotopic (exact) mass is 328 g/mol. The summed E-state index contributed by atoms with van der Waals surface area (Å²) < 4.78 is 0.472. The van der Waals surface area contributed by atoms with Gasteiger partial charge in [0.1, 0.15) is 4.88 Å². The van der Waals surface area contributed by atoms with Crippen molar-refractivity contribution in [1.82, 2.24) is 0 Å². The van der Waals surface area contributed by atoms with Crippen molar-refractivity contribution in [3.05, 3.63) is 39.7 Å². The molecule has 1 heterocycles. The Morgan fingerprint density at radius 3 is 2.20 bits per heavy atom. The first-order valence-electron chi connectivity index (χ1n) is 5.39. The number of carboxylic acid groups (broad SMARTS) is 2. The second-order valence-electron chi connectivity index (χ2n) is 3.79. The zero-order chi connectivity index (χ0) is 14.9. The maximum atomic E-state index is 11.5. The molecular formula is C13H9ClO4S2. The quantitative estimate of drug-likeness (QED) is 0.823. The smallest absolute Gasteiger partial charge is 0.346 e. The van der Waals surface area contributed by atoms with Gasteiger partial charge in [-0.05, 0) is 24.0 Å². The van der Waals surface area contributed by atoms with Crippen LogP contribution >= 0.6 is 34.7 Å². The molecule has 0 saturated heterocycles. The largest absolute Gasteiger partial charge is 0.478 e. The van der Waals surface area contributed by atoms with Crippen molar-refractivity contribution < 1.29 is 19.8 Å². The fourth-order valence-electron chi connectivity index (χ4n) is 1.79. The minimum absolute atomic E-state index is 0.0223. The van der Waals surface area contributed by atoms with E-state index in [1.807, 2.05) is 0 Å². The van der Waals surface area contributed by atoms with Gasteiger partial charge in [0.25, 0.3) is 0 Å². The third kappa shape index (κ3) is 2.67. The number of thioether (sulfide) groups is 1. The molecular weight excluding hydrogens is 320 g/mol. The van der Waals surface area contributed by atoms with Crippen LogP contribution in [0.3, 0.4) is 0 Å². The Morgan fingerprint density at radius 1 is 1.15 bits per heavy atom. The lowest BCUT2D eigenvalue weighted by Gasteiger charge is -2.04. The Balaban J connectivity index is 2.77. The number of hydrogen-bond acceptors (Lipinski definition) is 4.